The van der Waals surface area contributed by atoms with E-state index in [1.165, 1.54) is 0 Å². The lowest BCUT2D eigenvalue weighted by atomic mass is 10.1. The molecule has 0 unspecified atom stereocenters. The number of ether oxygens (including phenoxy) is 2. The van der Waals surface area contributed by atoms with Crippen LogP contribution in [0.3, 0.4) is 0 Å². The van der Waals surface area contributed by atoms with Gasteiger partial charge in [-0.25, -0.2) is 0 Å². The van der Waals surface area contributed by atoms with Crippen molar-refractivity contribution < 1.29 is 14.3 Å². The maximum Gasteiger partial charge on any atom is 0.227 e. The van der Waals surface area contributed by atoms with Crippen LogP contribution in [0.15, 0.2) is 24.3 Å². The number of amides is 1. The average Bonchev–Trinajstić information content (AvgIpc) is 2.68. The van der Waals surface area contributed by atoms with Gasteiger partial charge in [-0.05, 0) is 30.5 Å². The molecule has 138 valence electrons. The van der Waals surface area contributed by atoms with Gasteiger partial charge in [-0.3, -0.25) is 9.69 Å². The Morgan fingerprint density at radius 1 is 1.12 bits per heavy atom. The van der Waals surface area contributed by atoms with Crippen LogP contribution in [0.4, 0.5) is 0 Å². The first-order valence-electron chi connectivity index (χ1n) is 9.27. The monoisotopic (exact) mass is 347 g/mol. The Balaban J connectivity index is 1.44. The highest BCUT2D eigenvalue weighted by Crippen LogP contribution is 2.17. The van der Waals surface area contributed by atoms with Gasteiger partial charge >= 0.3 is 0 Å². The van der Waals surface area contributed by atoms with Crippen LogP contribution in [0.25, 0.3) is 0 Å². The molecule has 1 amide bonds. The molecule has 0 atom stereocenters. The molecular weight excluding hydrogens is 318 g/mol. The van der Waals surface area contributed by atoms with E-state index in [4.69, 9.17) is 15.2 Å². The summed E-state index contributed by atoms with van der Waals surface area (Å²) in [6.45, 7) is 6.35. The van der Waals surface area contributed by atoms with Gasteiger partial charge in [0, 0.05) is 52.0 Å². The number of rotatable bonds is 6. The molecule has 2 saturated heterocycles. The maximum atomic E-state index is 12.5. The third-order valence-corrected chi connectivity index (χ3v) is 5.04. The van der Waals surface area contributed by atoms with Crippen LogP contribution in [0, 0.1) is 0 Å². The molecule has 0 spiro atoms. The topological polar surface area (TPSA) is 68.0 Å². The second kappa shape index (κ2) is 9.17. The van der Waals surface area contributed by atoms with Gasteiger partial charge in [-0.2, -0.15) is 0 Å². The van der Waals surface area contributed by atoms with Gasteiger partial charge < -0.3 is 20.1 Å². The number of hydrogen-bond donors (Lipinski definition) is 1. The van der Waals surface area contributed by atoms with E-state index in [1.54, 1.807) is 0 Å². The Morgan fingerprint density at radius 2 is 1.80 bits per heavy atom. The van der Waals surface area contributed by atoms with Gasteiger partial charge in [0.15, 0.2) is 0 Å². The van der Waals surface area contributed by atoms with E-state index in [9.17, 15) is 4.79 Å². The van der Waals surface area contributed by atoms with Crippen LogP contribution < -0.4 is 10.5 Å². The van der Waals surface area contributed by atoms with Crippen molar-refractivity contribution in [3.63, 3.8) is 0 Å². The smallest absolute Gasteiger partial charge is 0.227 e. The SMILES string of the molecule is NCCOc1ccc(CC(=O)N2CCN(C3CCOCC3)CC2)cc1. The Morgan fingerprint density at radius 3 is 2.44 bits per heavy atom. The van der Waals surface area contributed by atoms with Crippen LogP contribution in [-0.4, -0.2) is 74.3 Å². The summed E-state index contributed by atoms with van der Waals surface area (Å²) in [4.78, 5) is 17.1. The van der Waals surface area contributed by atoms with Gasteiger partial charge in [0.2, 0.25) is 5.91 Å². The van der Waals surface area contributed by atoms with Crippen LogP contribution in [0.1, 0.15) is 18.4 Å². The summed E-state index contributed by atoms with van der Waals surface area (Å²) < 4.78 is 10.9. The van der Waals surface area contributed by atoms with E-state index in [0.29, 0.717) is 25.6 Å². The number of piperazine rings is 1. The summed E-state index contributed by atoms with van der Waals surface area (Å²) in [5.41, 5.74) is 6.45. The van der Waals surface area contributed by atoms with Gasteiger partial charge in [0.25, 0.3) is 0 Å². The van der Waals surface area contributed by atoms with E-state index >= 15 is 0 Å². The quantitative estimate of drug-likeness (QED) is 0.828. The zero-order valence-electron chi connectivity index (χ0n) is 14.9. The van der Waals surface area contributed by atoms with Crippen molar-refractivity contribution in [3.8, 4) is 5.75 Å². The lowest BCUT2D eigenvalue weighted by Crippen LogP contribution is -2.53. The minimum atomic E-state index is 0.210. The Kier molecular flexibility index (Phi) is 6.67. The van der Waals surface area contributed by atoms with Crippen molar-refractivity contribution in [3.05, 3.63) is 29.8 Å². The molecule has 0 saturated carbocycles. The minimum absolute atomic E-state index is 0.210. The molecule has 1 aromatic rings. The first-order chi connectivity index (χ1) is 12.3. The number of benzene rings is 1. The number of hydrogen-bond acceptors (Lipinski definition) is 5. The van der Waals surface area contributed by atoms with Gasteiger partial charge in [-0.1, -0.05) is 12.1 Å². The zero-order valence-corrected chi connectivity index (χ0v) is 14.9. The van der Waals surface area contributed by atoms with Crippen molar-refractivity contribution in [2.75, 3.05) is 52.5 Å². The lowest BCUT2D eigenvalue weighted by molar-refractivity contribution is -0.132. The third kappa shape index (κ3) is 5.17. The molecule has 0 radical (unpaired) electrons. The predicted octanol–water partition coefficient (Wildman–Crippen LogP) is 0.890. The van der Waals surface area contributed by atoms with Crippen molar-refractivity contribution in [2.45, 2.75) is 25.3 Å². The van der Waals surface area contributed by atoms with Crippen LogP contribution in [0.5, 0.6) is 5.75 Å². The number of carbonyl (C=O) groups excluding carboxylic acids is 1. The molecule has 2 fully saturated rings. The summed E-state index contributed by atoms with van der Waals surface area (Å²) >= 11 is 0. The predicted molar refractivity (Wildman–Crippen MR) is 96.7 cm³/mol. The number of nitrogens with zero attached hydrogens (tertiary/aromatic N) is 2. The van der Waals surface area contributed by atoms with Gasteiger partial charge in [-0.15, -0.1) is 0 Å². The Hall–Kier alpha value is -1.63. The molecule has 0 aromatic heterocycles. The largest absolute Gasteiger partial charge is 0.492 e. The van der Waals surface area contributed by atoms with Crippen molar-refractivity contribution in [2.24, 2.45) is 5.73 Å². The van der Waals surface area contributed by atoms with E-state index in [-0.39, 0.29) is 5.91 Å². The molecular formula is C19H29N3O3. The third-order valence-electron chi connectivity index (χ3n) is 5.04. The summed E-state index contributed by atoms with van der Waals surface area (Å²) in [6, 6.07) is 8.36. The van der Waals surface area contributed by atoms with Crippen molar-refractivity contribution in [1.29, 1.82) is 0 Å². The second-order valence-electron chi connectivity index (χ2n) is 6.72. The molecule has 0 bridgehead atoms. The molecule has 25 heavy (non-hydrogen) atoms. The molecule has 2 aliphatic heterocycles. The molecule has 3 rings (SSSR count). The first kappa shape index (κ1) is 18.2. The van der Waals surface area contributed by atoms with Gasteiger partial charge in [0.1, 0.15) is 12.4 Å². The van der Waals surface area contributed by atoms with Crippen LogP contribution in [-0.2, 0) is 16.0 Å². The van der Waals surface area contributed by atoms with Gasteiger partial charge in [0.05, 0.1) is 6.42 Å². The number of carbonyl (C=O) groups is 1. The highest BCUT2D eigenvalue weighted by Gasteiger charge is 2.27. The summed E-state index contributed by atoms with van der Waals surface area (Å²) in [5.74, 6) is 1.01. The minimum Gasteiger partial charge on any atom is -0.492 e. The molecule has 2 N–H and O–H groups in total. The zero-order chi connectivity index (χ0) is 17.5. The van der Waals surface area contributed by atoms with E-state index in [2.05, 4.69) is 4.90 Å². The fourth-order valence-electron chi connectivity index (χ4n) is 3.55. The molecule has 6 heteroatoms. The molecule has 6 nitrogen and oxygen atoms in total. The summed E-state index contributed by atoms with van der Waals surface area (Å²) in [6.07, 6.45) is 2.69. The molecule has 2 aliphatic rings. The summed E-state index contributed by atoms with van der Waals surface area (Å²) in [7, 11) is 0. The molecule has 1 aromatic carbocycles. The summed E-state index contributed by atoms with van der Waals surface area (Å²) in [5, 5.41) is 0. The van der Waals surface area contributed by atoms with Crippen LogP contribution >= 0.6 is 0 Å². The highest BCUT2D eigenvalue weighted by molar-refractivity contribution is 5.79. The van der Waals surface area contributed by atoms with E-state index in [1.807, 2.05) is 29.2 Å². The normalized spacial score (nSPS) is 19.8. The highest BCUT2D eigenvalue weighted by atomic mass is 16.5. The molecule has 0 aliphatic carbocycles. The fourth-order valence-corrected chi connectivity index (χ4v) is 3.55. The number of nitrogens with two attached hydrogens (primary N) is 1. The Labute approximate surface area is 149 Å². The van der Waals surface area contributed by atoms with Crippen molar-refractivity contribution >= 4 is 5.91 Å². The lowest BCUT2D eigenvalue weighted by Gasteiger charge is -2.40. The standard InChI is InChI=1S/C19H29N3O3/c20-7-14-25-18-3-1-16(2-4-18)15-19(23)22-10-8-21(9-11-22)17-5-12-24-13-6-17/h1-4,17H,5-15,20H2. The van der Waals surface area contributed by atoms with E-state index in [0.717, 1.165) is 63.5 Å². The van der Waals surface area contributed by atoms with E-state index < -0.39 is 0 Å². The first-order valence-corrected chi connectivity index (χ1v) is 9.27. The Bertz CT molecular complexity index is 535. The molecule has 2 heterocycles. The van der Waals surface area contributed by atoms with Crippen molar-refractivity contribution in [1.82, 2.24) is 9.80 Å². The second-order valence-corrected chi connectivity index (χ2v) is 6.72. The fraction of sp³-hybridized carbons (Fsp3) is 0.632. The van der Waals surface area contributed by atoms with Crippen LogP contribution in [0.2, 0.25) is 0 Å². The average molecular weight is 347 g/mol. The maximum absolute atomic E-state index is 12.5.